The number of allylic oxidation sites excluding steroid dienone is 1. The van der Waals surface area contributed by atoms with Crippen LogP contribution in [0.5, 0.6) is 11.5 Å². The average Bonchev–Trinajstić information content (AvgIpc) is 3.08. The molecule has 1 heterocycles. The standard InChI is InChI=1S/C14H23NO2.C8H10O2/c1-4-10(2)14(16)17-12-6-5-11-7-8-15(3)13(11)9-12;1-9-7-5-3-4-6-8(7)10-2/h9-11,13H,4-8H2,1-3H3;3-6H,1-2H3. The van der Waals surface area contributed by atoms with Crippen LogP contribution in [0.15, 0.2) is 36.1 Å². The van der Waals surface area contributed by atoms with Gasteiger partial charge in [0, 0.05) is 12.5 Å². The molecule has 1 aliphatic carbocycles. The first kappa shape index (κ1) is 21.3. The fourth-order valence-corrected chi connectivity index (χ4v) is 3.50. The minimum atomic E-state index is -0.0714. The zero-order chi connectivity index (χ0) is 19.8. The van der Waals surface area contributed by atoms with Gasteiger partial charge in [0.15, 0.2) is 11.5 Å². The minimum absolute atomic E-state index is 0.00920. The Morgan fingerprint density at radius 3 is 2.37 bits per heavy atom. The second kappa shape index (κ2) is 10.4. The number of hydrogen-bond donors (Lipinski definition) is 0. The number of rotatable bonds is 5. The molecule has 0 aromatic heterocycles. The van der Waals surface area contributed by atoms with Crippen molar-refractivity contribution in [1.82, 2.24) is 4.90 Å². The number of ether oxygens (including phenoxy) is 3. The van der Waals surface area contributed by atoms with Gasteiger partial charge in [-0.2, -0.15) is 0 Å². The van der Waals surface area contributed by atoms with Gasteiger partial charge in [-0.3, -0.25) is 9.69 Å². The highest BCUT2D eigenvalue weighted by Gasteiger charge is 2.34. The summed E-state index contributed by atoms with van der Waals surface area (Å²) in [5, 5.41) is 0. The van der Waals surface area contributed by atoms with E-state index in [-0.39, 0.29) is 11.9 Å². The van der Waals surface area contributed by atoms with Crippen molar-refractivity contribution in [1.29, 1.82) is 0 Å². The fourth-order valence-electron chi connectivity index (χ4n) is 3.50. The zero-order valence-electron chi connectivity index (χ0n) is 17.2. The molecule has 1 fully saturated rings. The van der Waals surface area contributed by atoms with Gasteiger partial charge in [0.2, 0.25) is 0 Å². The summed E-state index contributed by atoms with van der Waals surface area (Å²) < 4.78 is 15.5. The lowest BCUT2D eigenvalue weighted by molar-refractivity contribution is -0.144. The smallest absolute Gasteiger partial charge is 0.313 e. The van der Waals surface area contributed by atoms with Crippen LogP contribution < -0.4 is 9.47 Å². The molecule has 0 spiro atoms. The molecule has 3 rings (SSSR count). The van der Waals surface area contributed by atoms with Crippen LogP contribution in [0.3, 0.4) is 0 Å². The number of benzene rings is 1. The second-order valence-electron chi connectivity index (χ2n) is 7.28. The Hall–Kier alpha value is -2.01. The van der Waals surface area contributed by atoms with Crippen LogP contribution in [0.25, 0.3) is 0 Å². The number of carbonyl (C=O) groups excluding carboxylic acids is 1. The van der Waals surface area contributed by atoms with Crippen molar-refractivity contribution in [2.24, 2.45) is 11.8 Å². The number of likely N-dealkylation sites (tertiary alicyclic amines) is 1. The topological polar surface area (TPSA) is 48.0 Å². The molecule has 150 valence electrons. The van der Waals surface area contributed by atoms with Crippen LogP contribution in [0.1, 0.15) is 39.5 Å². The monoisotopic (exact) mass is 375 g/mol. The molecule has 5 heteroatoms. The maximum atomic E-state index is 11.7. The number of likely N-dealkylation sites (N-methyl/N-ethyl adjacent to an activating group) is 1. The largest absolute Gasteiger partial charge is 0.493 e. The van der Waals surface area contributed by atoms with Crippen molar-refractivity contribution in [2.75, 3.05) is 27.8 Å². The lowest BCUT2D eigenvalue weighted by atomic mass is 9.89. The van der Waals surface area contributed by atoms with Crippen molar-refractivity contribution in [2.45, 2.75) is 45.6 Å². The first-order valence-corrected chi connectivity index (χ1v) is 9.79. The van der Waals surface area contributed by atoms with Gasteiger partial charge in [-0.05, 0) is 57.0 Å². The lowest BCUT2D eigenvalue weighted by Crippen LogP contribution is -2.30. The molecule has 0 radical (unpaired) electrons. The van der Waals surface area contributed by atoms with E-state index in [1.54, 1.807) is 14.2 Å². The summed E-state index contributed by atoms with van der Waals surface area (Å²) in [5.74, 6) is 3.14. The molecule has 0 saturated carbocycles. The summed E-state index contributed by atoms with van der Waals surface area (Å²) in [6, 6.07) is 8.02. The van der Waals surface area contributed by atoms with Gasteiger partial charge in [0.25, 0.3) is 0 Å². The molecule has 1 aliphatic heterocycles. The summed E-state index contributed by atoms with van der Waals surface area (Å²) in [5.41, 5.74) is 0. The first-order valence-electron chi connectivity index (χ1n) is 9.79. The highest BCUT2D eigenvalue weighted by atomic mass is 16.5. The molecule has 0 bridgehead atoms. The van der Waals surface area contributed by atoms with Crippen molar-refractivity contribution in [3.05, 3.63) is 36.1 Å². The molecule has 3 atom stereocenters. The molecule has 1 aromatic carbocycles. The molecular weight excluding hydrogens is 342 g/mol. The molecule has 2 aliphatic rings. The van der Waals surface area contributed by atoms with Crippen LogP contribution in [0.2, 0.25) is 0 Å². The summed E-state index contributed by atoms with van der Waals surface area (Å²) in [6.45, 7) is 5.11. The predicted octanol–water partition coefficient (Wildman–Crippen LogP) is 4.28. The van der Waals surface area contributed by atoms with E-state index < -0.39 is 0 Å². The SMILES string of the molecule is CCC(C)C(=O)OC1=CC2C(CC1)CCN2C.COc1ccccc1OC. The molecular formula is C22H33NO4. The molecule has 0 amide bonds. The maximum absolute atomic E-state index is 11.7. The van der Waals surface area contributed by atoms with Crippen LogP contribution in [0.4, 0.5) is 0 Å². The Morgan fingerprint density at radius 1 is 1.19 bits per heavy atom. The third-order valence-electron chi connectivity index (χ3n) is 5.50. The van der Waals surface area contributed by atoms with Gasteiger partial charge < -0.3 is 14.2 Å². The summed E-state index contributed by atoms with van der Waals surface area (Å²) in [6.07, 6.45) is 6.38. The molecule has 5 nitrogen and oxygen atoms in total. The highest BCUT2D eigenvalue weighted by molar-refractivity contribution is 5.73. The Balaban J connectivity index is 0.000000223. The Bertz CT molecular complexity index is 620. The van der Waals surface area contributed by atoms with Crippen molar-refractivity contribution in [3.63, 3.8) is 0 Å². The van der Waals surface area contributed by atoms with Gasteiger partial charge in [-0.1, -0.05) is 26.0 Å². The van der Waals surface area contributed by atoms with Gasteiger partial charge in [-0.25, -0.2) is 0 Å². The van der Waals surface area contributed by atoms with E-state index in [2.05, 4.69) is 18.0 Å². The van der Waals surface area contributed by atoms with E-state index in [0.717, 1.165) is 42.4 Å². The number of para-hydroxylation sites is 2. The van der Waals surface area contributed by atoms with E-state index in [0.29, 0.717) is 6.04 Å². The summed E-state index contributed by atoms with van der Waals surface area (Å²) >= 11 is 0. The second-order valence-corrected chi connectivity index (χ2v) is 7.28. The number of esters is 1. The van der Waals surface area contributed by atoms with Gasteiger partial charge >= 0.3 is 5.97 Å². The Morgan fingerprint density at radius 2 is 1.81 bits per heavy atom. The van der Waals surface area contributed by atoms with E-state index in [1.165, 1.54) is 13.0 Å². The average molecular weight is 376 g/mol. The third kappa shape index (κ3) is 5.73. The maximum Gasteiger partial charge on any atom is 0.313 e. The number of fused-ring (bicyclic) bond motifs is 1. The van der Waals surface area contributed by atoms with Crippen LogP contribution in [0, 0.1) is 11.8 Å². The van der Waals surface area contributed by atoms with Gasteiger partial charge in [-0.15, -0.1) is 0 Å². The predicted molar refractivity (Wildman–Crippen MR) is 107 cm³/mol. The van der Waals surface area contributed by atoms with E-state index >= 15 is 0 Å². The molecule has 1 saturated heterocycles. The number of hydrogen-bond acceptors (Lipinski definition) is 5. The van der Waals surface area contributed by atoms with Crippen molar-refractivity contribution in [3.8, 4) is 11.5 Å². The van der Waals surface area contributed by atoms with Crippen LogP contribution >= 0.6 is 0 Å². The molecule has 1 aromatic rings. The summed E-state index contributed by atoms with van der Waals surface area (Å²) in [7, 11) is 5.40. The van der Waals surface area contributed by atoms with Crippen molar-refractivity contribution < 1.29 is 19.0 Å². The third-order valence-corrected chi connectivity index (χ3v) is 5.50. The number of nitrogens with zero attached hydrogens (tertiary/aromatic N) is 1. The Kier molecular flexibility index (Phi) is 8.17. The van der Waals surface area contributed by atoms with Crippen LogP contribution in [-0.4, -0.2) is 44.7 Å². The molecule has 0 N–H and O–H groups in total. The lowest BCUT2D eigenvalue weighted by Gasteiger charge is -2.27. The first-order chi connectivity index (χ1) is 13.0. The Labute approximate surface area is 163 Å². The van der Waals surface area contributed by atoms with E-state index in [1.807, 2.05) is 38.1 Å². The van der Waals surface area contributed by atoms with Crippen molar-refractivity contribution >= 4 is 5.97 Å². The van der Waals surface area contributed by atoms with Crippen LogP contribution in [-0.2, 0) is 9.53 Å². The van der Waals surface area contributed by atoms with E-state index in [4.69, 9.17) is 14.2 Å². The normalized spacial score (nSPS) is 22.6. The number of carbonyl (C=O) groups is 1. The quantitative estimate of drug-likeness (QED) is 0.719. The van der Waals surface area contributed by atoms with E-state index in [9.17, 15) is 4.79 Å². The fraction of sp³-hybridized carbons (Fsp3) is 0.591. The minimum Gasteiger partial charge on any atom is -0.493 e. The number of methoxy groups -OCH3 is 2. The van der Waals surface area contributed by atoms with Gasteiger partial charge in [0.05, 0.1) is 20.1 Å². The van der Waals surface area contributed by atoms with Gasteiger partial charge in [0.1, 0.15) is 5.76 Å². The zero-order valence-corrected chi connectivity index (χ0v) is 17.2. The molecule has 3 unspecified atom stereocenters. The molecule has 27 heavy (non-hydrogen) atoms. The highest BCUT2D eigenvalue weighted by Crippen LogP contribution is 2.34. The summed E-state index contributed by atoms with van der Waals surface area (Å²) in [4.78, 5) is 14.1.